The molecule has 0 bridgehead atoms. The molecule has 1 aromatic carbocycles. The fraction of sp³-hybridized carbons (Fsp3) is 0.353. The number of benzene rings is 1. The molecule has 8 nitrogen and oxygen atoms in total. The van der Waals surface area contributed by atoms with Crippen LogP contribution in [0.15, 0.2) is 27.9 Å². The molecule has 0 saturated heterocycles. The molecule has 0 unspecified atom stereocenters. The summed E-state index contributed by atoms with van der Waals surface area (Å²) in [6, 6.07) is 4.61. The number of aromatic amines is 1. The Balaban J connectivity index is 2.36. The Morgan fingerprint density at radius 3 is 2.42 bits per heavy atom. The summed E-state index contributed by atoms with van der Waals surface area (Å²) in [5.41, 5.74) is 1.20. The molecule has 0 amide bonds. The number of aryl methyl sites for hydroxylation is 2. The van der Waals surface area contributed by atoms with E-state index in [1.807, 2.05) is 26.8 Å². The highest BCUT2D eigenvalue weighted by Crippen LogP contribution is 2.28. The first kappa shape index (κ1) is 18.1. The highest BCUT2D eigenvalue weighted by molar-refractivity contribution is 7.90. The van der Waals surface area contributed by atoms with Gasteiger partial charge in [-0.1, -0.05) is 0 Å². The summed E-state index contributed by atoms with van der Waals surface area (Å²) < 4.78 is 25.3. The average Bonchev–Trinajstić information content (AvgIpc) is 2.93. The molecule has 0 aliphatic carbocycles. The van der Waals surface area contributed by atoms with E-state index < -0.39 is 9.84 Å². The van der Waals surface area contributed by atoms with Gasteiger partial charge < -0.3 is 5.32 Å². The van der Waals surface area contributed by atoms with Crippen molar-refractivity contribution in [1.29, 1.82) is 0 Å². The summed E-state index contributed by atoms with van der Waals surface area (Å²) >= 11 is 0. The summed E-state index contributed by atoms with van der Waals surface area (Å²) in [6.07, 6.45) is 1.13. The maximum absolute atomic E-state index is 12.9. The molecule has 0 spiro atoms. The number of anilines is 2. The van der Waals surface area contributed by atoms with Crippen LogP contribution in [0.2, 0.25) is 0 Å². The monoisotopic (exact) mass is 375 g/mol. The van der Waals surface area contributed by atoms with E-state index in [0.29, 0.717) is 28.0 Å². The Hall–Kier alpha value is -2.68. The van der Waals surface area contributed by atoms with Crippen LogP contribution in [-0.2, 0) is 9.84 Å². The largest absolute Gasteiger partial charge is 0.321 e. The molecule has 0 atom stereocenters. The Morgan fingerprint density at radius 2 is 1.88 bits per heavy atom. The van der Waals surface area contributed by atoms with Crippen LogP contribution in [0, 0.1) is 13.8 Å². The SMILES string of the molecule is Cc1cc(Nc2nn(C(C)C)c(=O)c3cc(S(C)(=O)=O)cc(C)c23)n[nH]1. The van der Waals surface area contributed by atoms with E-state index in [2.05, 4.69) is 20.6 Å². The zero-order valence-corrected chi connectivity index (χ0v) is 16.1. The van der Waals surface area contributed by atoms with Gasteiger partial charge in [0, 0.05) is 23.4 Å². The number of rotatable bonds is 4. The predicted octanol–water partition coefficient (Wildman–Crippen LogP) is 2.46. The first-order valence-corrected chi connectivity index (χ1v) is 10.0. The molecular weight excluding hydrogens is 354 g/mol. The average molecular weight is 375 g/mol. The van der Waals surface area contributed by atoms with Gasteiger partial charge in [-0.2, -0.15) is 10.2 Å². The fourth-order valence-electron chi connectivity index (χ4n) is 2.82. The highest BCUT2D eigenvalue weighted by Gasteiger charge is 2.19. The fourth-order valence-corrected chi connectivity index (χ4v) is 3.54. The number of sulfone groups is 1. The van der Waals surface area contributed by atoms with Crippen molar-refractivity contribution in [3.63, 3.8) is 0 Å². The third-order valence-electron chi connectivity index (χ3n) is 4.06. The van der Waals surface area contributed by atoms with Gasteiger partial charge in [-0.05, 0) is 45.4 Å². The number of aromatic nitrogens is 4. The molecule has 2 N–H and O–H groups in total. The van der Waals surface area contributed by atoms with Crippen molar-refractivity contribution in [2.45, 2.75) is 38.6 Å². The number of hydrogen-bond donors (Lipinski definition) is 2. The lowest BCUT2D eigenvalue weighted by atomic mass is 10.1. The van der Waals surface area contributed by atoms with Crippen molar-refractivity contribution in [2.24, 2.45) is 0 Å². The molecule has 9 heteroatoms. The number of hydrogen-bond acceptors (Lipinski definition) is 6. The van der Waals surface area contributed by atoms with Crippen LogP contribution in [0.4, 0.5) is 11.6 Å². The number of nitrogens with one attached hydrogen (secondary N) is 2. The topological polar surface area (TPSA) is 110 Å². The number of fused-ring (bicyclic) bond motifs is 1. The Labute approximate surface area is 151 Å². The number of nitrogens with zero attached hydrogens (tertiary/aromatic N) is 3. The van der Waals surface area contributed by atoms with E-state index in [1.54, 1.807) is 13.0 Å². The van der Waals surface area contributed by atoms with Crippen LogP contribution in [0.1, 0.15) is 31.1 Å². The maximum Gasteiger partial charge on any atom is 0.275 e. The lowest BCUT2D eigenvalue weighted by Crippen LogP contribution is -2.26. The highest BCUT2D eigenvalue weighted by atomic mass is 32.2. The molecule has 3 rings (SSSR count). The summed E-state index contributed by atoms with van der Waals surface area (Å²) in [5, 5.41) is 15.4. The minimum atomic E-state index is -3.44. The second-order valence-electron chi connectivity index (χ2n) is 6.69. The molecule has 0 saturated carbocycles. The van der Waals surface area contributed by atoms with Crippen LogP contribution < -0.4 is 10.9 Å². The van der Waals surface area contributed by atoms with Gasteiger partial charge in [-0.3, -0.25) is 9.89 Å². The lowest BCUT2D eigenvalue weighted by Gasteiger charge is -2.16. The van der Waals surface area contributed by atoms with E-state index in [4.69, 9.17) is 0 Å². The molecule has 3 aromatic rings. The first-order valence-electron chi connectivity index (χ1n) is 8.14. The number of H-pyrrole nitrogens is 1. The Kier molecular flexibility index (Phi) is 4.35. The minimum absolute atomic E-state index is 0.114. The molecular formula is C17H21N5O3S. The van der Waals surface area contributed by atoms with Crippen molar-refractivity contribution < 1.29 is 8.42 Å². The molecule has 2 aromatic heterocycles. The maximum atomic E-state index is 12.9. The van der Waals surface area contributed by atoms with Gasteiger partial charge >= 0.3 is 0 Å². The van der Waals surface area contributed by atoms with Crippen LogP contribution in [0.3, 0.4) is 0 Å². The molecule has 0 radical (unpaired) electrons. The van der Waals surface area contributed by atoms with Gasteiger partial charge in [0.15, 0.2) is 21.5 Å². The zero-order valence-electron chi connectivity index (χ0n) is 15.3. The van der Waals surface area contributed by atoms with Gasteiger partial charge in [0.05, 0.1) is 16.3 Å². The van der Waals surface area contributed by atoms with E-state index in [0.717, 1.165) is 11.9 Å². The molecule has 0 aliphatic heterocycles. The summed E-state index contributed by atoms with van der Waals surface area (Å²) in [5.74, 6) is 1.02. The van der Waals surface area contributed by atoms with E-state index in [1.165, 1.54) is 10.7 Å². The van der Waals surface area contributed by atoms with Crippen LogP contribution in [-0.4, -0.2) is 34.7 Å². The van der Waals surface area contributed by atoms with Crippen molar-refractivity contribution >= 4 is 32.2 Å². The Bertz CT molecular complexity index is 1160. The minimum Gasteiger partial charge on any atom is -0.321 e. The van der Waals surface area contributed by atoms with Gasteiger partial charge in [0.2, 0.25) is 0 Å². The standard InChI is InChI=1S/C17H21N5O3S/c1-9(2)22-17(23)13-8-12(26(5,24)25)6-10(3)15(13)16(21-22)18-14-7-11(4)19-20-14/h6-9H,1-5H3,(H2,18,19,20,21). The van der Waals surface area contributed by atoms with E-state index in [-0.39, 0.29) is 16.5 Å². The molecule has 138 valence electrons. The smallest absolute Gasteiger partial charge is 0.275 e. The summed E-state index contributed by atoms with van der Waals surface area (Å²) in [4.78, 5) is 13.0. The predicted molar refractivity (Wildman–Crippen MR) is 101 cm³/mol. The molecule has 2 heterocycles. The van der Waals surface area contributed by atoms with Crippen LogP contribution >= 0.6 is 0 Å². The third-order valence-corrected chi connectivity index (χ3v) is 5.15. The van der Waals surface area contributed by atoms with Crippen molar-refractivity contribution in [2.75, 3.05) is 11.6 Å². The van der Waals surface area contributed by atoms with Crippen LogP contribution in [0.25, 0.3) is 10.8 Å². The molecule has 0 fully saturated rings. The van der Waals surface area contributed by atoms with E-state index >= 15 is 0 Å². The normalized spacial score (nSPS) is 12.1. The summed E-state index contributed by atoms with van der Waals surface area (Å²) in [6.45, 7) is 7.33. The second kappa shape index (κ2) is 6.24. The lowest BCUT2D eigenvalue weighted by molar-refractivity contribution is 0.510. The molecule has 26 heavy (non-hydrogen) atoms. The van der Waals surface area contributed by atoms with Crippen molar-refractivity contribution in [3.05, 3.63) is 39.8 Å². The van der Waals surface area contributed by atoms with Gasteiger partial charge in [-0.15, -0.1) is 0 Å². The molecule has 0 aliphatic rings. The summed E-state index contributed by atoms with van der Waals surface area (Å²) in [7, 11) is -3.44. The second-order valence-corrected chi connectivity index (χ2v) is 8.70. The van der Waals surface area contributed by atoms with Gasteiger partial charge in [0.25, 0.3) is 5.56 Å². The van der Waals surface area contributed by atoms with E-state index in [9.17, 15) is 13.2 Å². The Morgan fingerprint density at radius 1 is 1.19 bits per heavy atom. The van der Waals surface area contributed by atoms with Gasteiger partial charge in [0.1, 0.15) is 0 Å². The quantitative estimate of drug-likeness (QED) is 0.725. The van der Waals surface area contributed by atoms with Crippen molar-refractivity contribution in [3.8, 4) is 0 Å². The zero-order chi connectivity index (χ0) is 19.2. The van der Waals surface area contributed by atoms with Crippen LogP contribution in [0.5, 0.6) is 0 Å². The third kappa shape index (κ3) is 3.22. The van der Waals surface area contributed by atoms with Gasteiger partial charge in [-0.25, -0.2) is 13.1 Å². The first-order chi connectivity index (χ1) is 12.1. The van der Waals surface area contributed by atoms with Crippen molar-refractivity contribution in [1.82, 2.24) is 20.0 Å².